The largest absolute Gasteiger partial charge is 0.329 e. The number of piperidine rings is 1. The molecule has 2 heterocycles. The van der Waals surface area contributed by atoms with Gasteiger partial charge in [-0.2, -0.15) is 0 Å². The van der Waals surface area contributed by atoms with Crippen LogP contribution in [0, 0.1) is 5.92 Å². The van der Waals surface area contributed by atoms with Crippen molar-refractivity contribution in [2.24, 2.45) is 5.92 Å². The fraction of sp³-hybridized carbons (Fsp3) is 0.688. The van der Waals surface area contributed by atoms with Gasteiger partial charge in [-0.15, -0.1) is 0 Å². The molecule has 1 aromatic rings. The fourth-order valence-corrected chi connectivity index (χ4v) is 3.81. The highest BCUT2D eigenvalue weighted by Crippen LogP contribution is 2.35. The number of nitrogens with one attached hydrogen (secondary N) is 2. The van der Waals surface area contributed by atoms with Crippen molar-refractivity contribution >= 4 is 17.6 Å². The fourth-order valence-electron chi connectivity index (χ4n) is 3.01. The number of nitrogens with zero attached hydrogens (tertiary/aromatic N) is 2. The summed E-state index contributed by atoms with van der Waals surface area (Å²) in [6.45, 7) is 2.39. The minimum Gasteiger partial charge on any atom is -0.329 e. The SMILES string of the molecule is CNC(c1cc(NSC2CC2)ccn1)C1CCN(C)CC1. The van der Waals surface area contributed by atoms with Gasteiger partial charge in [0.05, 0.1) is 11.7 Å². The molecular formula is C16H26N4S. The number of hydrogen-bond acceptors (Lipinski definition) is 5. The molecule has 2 aliphatic rings. The van der Waals surface area contributed by atoms with Crippen molar-refractivity contribution in [3.63, 3.8) is 0 Å². The van der Waals surface area contributed by atoms with Gasteiger partial charge in [0.25, 0.3) is 0 Å². The third kappa shape index (κ3) is 4.11. The zero-order valence-electron chi connectivity index (χ0n) is 13.0. The molecule has 1 aliphatic carbocycles. The molecule has 2 N–H and O–H groups in total. The molecule has 1 unspecified atom stereocenters. The summed E-state index contributed by atoms with van der Waals surface area (Å²) in [5.74, 6) is 0.685. The second-order valence-electron chi connectivity index (χ2n) is 6.30. The number of hydrogen-bond donors (Lipinski definition) is 2. The summed E-state index contributed by atoms with van der Waals surface area (Å²) in [5, 5.41) is 4.31. The highest BCUT2D eigenvalue weighted by atomic mass is 32.2. The van der Waals surface area contributed by atoms with E-state index >= 15 is 0 Å². The first-order valence-corrected chi connectivity index (χ1v) is 8.87. The Hall–Kier alpha value is -0.780. The van der Waals surface area contributed by atoms with E-state index in [-0.39, 0.29) is 0 Å². The first-order valence-electron chi connectivity index (χ1n) is 7.99. The van der Waals surface area contributed by atoms with E-state index in [2.05, 4.69) is 46.2 Å². The summed E-state index contributed by atoms with van der Waals surface area (Å²) in [6.07, 6.45) is 7.13. The minimum atomic E-state index is 0.367. The van der Waals surface area contributed by atoms with Gasteiger partial charge in [0.1, 0.15) is 0 Å². The summed E-state index contributed by atoms with van der Waals surface area (Å²) in [5.41, 5.74) is 2.36. The zero-order chi connectivity index (χ0) is 14.7. The molecule has 0 aromatic carbocycles. The van der Waals surface area contributed by atoms with Crippen LogP contribution in [0.5, 0.6) is 0 Å². The van der Waals surface area contributed by atoms with Crippen LogP contribution in [0.4, 0.5) is 5.69 Å². The predicted molar refractivity (Wildman–Crippen MR) is 90.5 cm³/mol. The second-order valence-corrected chi connectivity index (χ2v) is 7.40. The summed E-state index contributed by atoms with van der Waals surface area (Å²) in [4.78, 5) is 7.04. The van der Waals surface area contributed by atoms with E-state index in [0.717, 1.165) is 5.25 Å². The number of aromatic nitrogens is 1. The van der Waals surface area contributed by atoms with Crippen LogP contribution in [0.3, 0.4) is 0 Å². The van der Waals surface area contributed by atoms with Crippen LogP contribution >= 0.6 is 11.9 Å². The number of anilines is 1. The Balaban J connectivity index is 1.65. The smallest absolute Gasteiger partial charge is 0.0596 e. The number of rotatable bonds is 6. The van der Waals surface area contributed by atoms with E-state index in [0.29, 0.717) is 12.0 Å². The highest BCUT2D eigenvalue weighted by molar-refractivity contribution is 8.01. The van der Waals surface area contributed by atoms with E-state index in [1.165, 1.54) is 50.2 Å². The topological polar surface area (TPSA) is 40.2 Å². The molecule has 0 amide bonds. The molecule has 5 heteroatoms. The van der Waals surface area contributed by atoms with Gasteiger partial charge in [0, 0.05) is 17.1 Å². The summed E-state index contributed by atoms with van der Waals surface area (Å²) < 4.78 is 3.48. The van der Waals surface area contributed by atoms with Gasteiger partial charge in [-0.05, 0) is 82.9 Å². The van der Waals surface area contributed by atoms with Crippen molar-refractivity contribution < 1.29 is 0 Å². The van der Waals surface area contributed by atoms with Gasteiger partial charge in [-0.25, -0.2) is 0 Å². The van der Waals surface area contributed by atoms with Crippen LogP contribution in [-0.4, -0.2) is 42.3 Å². The lowest BCUT2D eigenvalue weighted by atomic mass is 9.87. The molecule has 1 atom stereocenters. The maximum Gasteiger partial charge on any atom is 0.0596 e. The molecule has 1 saturated carbocycles. The van der Waals surface area contributed by atoms with E-state index in [1.54, 1.807) is 0 Å². The summed E-state index contributed by atoms with van der Waals surface area (Å²) in [7, 11) is 4.27. The Morgan fingerprint density at radius 2 is 2.05 bits per heavy atom. The zero-order valence-corrected chi connectivity index (χ0v) is 13.8. The Morgan fingerprint density at radius 3 is 2.71 bits per heavy atom. The highest BCUT2D eigenvalue weighted by Gasteiger charge is 2.27. The van der Waals surface area contributed by atoms with Crippen LogP contribution in [-0.2, 0) is 0 Å². The average molecular weight is 306 g/mol. The Kier molecular flexibility index (Phi) is 5.03. The minimum absolute atomic E-state index is 0.367. The molecule has 1 aromatic heterocycles. The lowest BCUT2D eigenvalue weighted by Crippen LogP contribution is -2.36. The van der Waals surface area contributed by atoms with E-state index in [4.69, 9.17) is 0 Å². The second kappa shape index (κ2) is 6.99. The molecule has 116 valence electrons. The van der Waals surface area contributed by atoms with Crippen LogP contribution in [0.1, 0.15) is 37.4 Å². The van der Waals surface area contributed by atoms with E-state index in [1.807, 2.05) is 18.1 Å². The molecule has 0 radical (unpaired) electrons. The molecule has 21 heavy (non-hydrogen) atoms. The maximum absolute atomic E-state index is 4.62. The van der Waals surface area contributed by atoms with Crippen LogP contribution in [0.2, 0.25) is 0 Å². The van der Waals surface area contributed by atoms with Gasteiger partial charge in [0.15, 0.2) is 0 Å². The van der Waals surface area contributed by atoms with Crippen LogP contribution < -0.4 is 10.0 Å². The summed E-state index contributed by atoms with van der Waals surface area (Å²) >= 11 is 1.85. The van der Waals surface area contributed by atoms with Gasteiger partial charge in [-0.1, -0.05) is 0 Å². The van der Waals surface area contributed by atoms with Crippen molar-refractivity contribution in [3.8, 4) is 0 Å². The first kappa shape index (κ1) is 15.1. The monoisotopic (exact) mass is 306 g/mol. The lowest BCUT2D eigenvalue weighted by Gasteiger charge is -2.34. The Labute approximate surface area is 132 Å². The third-order valence-corrected chi connectivity index (χ3v) is 5.67. The average Bonchev–Trinajstić information content (AvgIpc) is 3.33. The lowest BCUT2D eigenvalue weighted by molar-refractivity contribution is 0.187. The number of pyridine rings is 1. The Bertz CT molecular complexity index is 455. The maximum atomic E-state index is 4.62. The van der Waals surface area contributed by atoms with Crippen molar-refractivity contribution in [3.05, 3.63) is 24.0 Å². The first-order chi connectivity index (χ1) is 10.3. The normalized spacial score (nSPS) is 22.2. The molecule has 2 fully saturated rings. The van der Waals surface area contributed by atoms with Crippen molar-refractivity contribution in [1.29, 1.82) is 0 Å². The number of likely N-dealkylation sites (tertiary alicyclic amines) is 1. The molecule has 1 aliphatic heterocycles. The molecule has 3 rings (SSSR count). The third-order valence-electron chi connectivity index (χ3n) is 4.51. The van der Waals surface area contributed by atoms with Gasteiger partial charge >= 0.3 is 0 Å². The van der Waals surface area contributed by atoms with E-state index in [9.17, 15) is 0 Å². The van der Waals surface area contributed by atoms with Crippen molar-refractivity contribution in [2.75, 3.05) is 31.9 Å². The molecular weight excluding hydrogens is 280 g/mol. The molecule has 0 spiro atoms. The van der Waals surface area contributed by atoms with Crippen LogP contribution in [0.15, 0.2) is 18.3 Å². The van der Waals surface area contributed by atoms with Crippen LogP contribution in [0.25, 0.3) is 0 Å². The molecule has 4 nitrogen and oxygen atoms in total. The van der Waals surface area contributed by atoms with E-state index < -0.39 is 0 Å². The standard InChI is InChI=1S/C16H26N4S/c1-17-16(12-6-9-20(2)10-7-12)15-11-13(5-8-18-15)19-21-14-3-4-14/h5,8,11-12,14,16-17H,3-4,6-7,9-10H2,1-2H3,(H,18,19). The van der Waals surface area contributed by atoms with Crippen molar-refractivity contribution in [2.45, 2.75) is 37.0 Å². The molecule has 0 bridgehead atoms. The quantitative estimate of drug-likeness (QED) is 0.791. The van der Waals surface area contributed by atoms with Gasteiger partial charge in [-0.3, -0.25) is 4.98 Å². The van der Waals surface area contributed by atoms with Gasteiger partial charge in [0.2, 0.25) is 0 Å². The van der Waals surface area contributed by atoms with Gasteiger partial charge < -0.3 is 14.9 Å². The van der Waals surface area contributed by atoms with Crippen molar-refractivity contribution in [1.82, 2.24) is 15.2 Å². The molecule has 1 saturated heterocycles. The summed E-state index contributed by atoms with van der Waals surface area (Å²) in [6, 6.07) is 4.65. The Morgan fingerprint density at radius 1 is 1.29 bits per heavy atom. The predicted octanol–water partition coefficient (Wildman–Crippen LogP) is 2.91.